The SMILES string of the molecule is N[C@H](c1cccc2c1OCCO2)C1CCC1. The van der Waals surface area contributed by atoms with Crippen LogP contribution < -0.4 is 15.2 Å². The highest BCUT2D eigenvalue weighted by molar-refractivity contribution is 5.49. The predicted octanol–water partition coefficient (Wildman–Crippen LogP) is 2.26. The number of hydrogen-bond donors (Lipinski definition) is 1. The van der Waals surface area contributed by atoms with Gasteiger partial charge in [-0.3, -0.25) is 0 Å². The first kappa shape index (κ1) is 9.97. The third-order valence-electron chi connectivity index (χ3n) is 3.61. The average Bonchev–Trinajstić information content (AvgIpc) is 2.26. The van der Waals surface area contributed by atoms with Gasteiger partial charge in [0.05, 0.1) is 0 Å². The van der Waals surface area contributed by atoms with Crippen LogP contribution in [0.2, 0.25) is 0 Å². The van der Waals surface area contributed by atoms with Crippen molar-refractivity contribution in [3.8, 4) is 11.5 Å². The summed E-state index contributed by atoms with van der Waals surface area (Å²) in [5, 5.41) is 0. The minimum absolute atomic E-state index is 0.102. The molecule has 1 saturated carbocycles. The molecular formula is C13H17NO2. The van der Waals surface area contributed by atoms with E-state index in [0.717, 1.165) is 17.1 Å². The van der Waals surface area contributed by atoms with Crippen molar-refractivity contribution in [3.05, 3.63) is 23.8 Å². The van der Waals surface area contributed by atoms with Crippen LogP contribution in [-0.4, -0.2) is 13.2 Å². The average molecular weight is 219 g/mol. The van der Waals surface area contributed by atoms with E-state index in [1.807, 2.05) is 12.1 Å². The number of nitrogens with two attached hydrogens (primary N) is 1. The molecule has 1 atom stereocenters. The van der Waals surface area contributed by atoms with Gasteiger partial charge in [0, 0.05) is 11.6 Å². The number of benzene rings is 1. The third kappa shape index (κ3) is 1.55. The van der Waals surface area contributed by atoms with Gasteiger partial charge in [0.25, 0.3) is 0 Å². The lowest BCUT2D eigenvalue weighted by Crippen LogP contribution is -2.28. The molecule has 2 N–H and O–H groups in total. The summed E-state index contributed by atoms with van der Waals surface area (Å²) >= 11 is 0. The maximum Gasteiger partial charge on any atom is 0.166 e. The van der Waals surface area contributed by atoms with E-state index in [0.29, 0.717) is 19.1 Å². The molecule has 0 amide bonds. The second kappa shape index (κ2) is 3.98. The van der Waals surface area contributed by atoms with E-state index in [1.54, 1.807) is 0 Å². The molecule has 3 heteroatoms. The van der Waals surface area contributed by atoms with Gasteiger partial charge >= 0.3 is 0 Å². The van der Waals surface area contributed by atoms with Gasteiger partial charge in [-0.15, -0.1) is 0 Å². The summed E-state index contributed by atoms with van der Waals surface area (Å²) in [6.45, 7) is 1.26. The van der Waals surface area contributed by atoms with Crippen LogP contribution in [0, 0.1) is 5.92 Å². The van der Waals surface area contributed by atoms with Crippen LogP contribution in [0.4, 0.5) is 0 Å². The molecule has 2 aliphatic rings. The zero-order valence-corrected chi connectivity index (χ0v) is 9.32. The van der Waals surface area contributed by atoms with Gasteiger partial charge in [-0.1, -0.05) is 18.6 Å². The van der Waals surface area contributed by atoms with E-state index >= 15 is 0 Å². The molecule has 0 aromatic heterocycles. The van der Waals surface area contributed by atoms with E-state index < -0.39 is 0 Å². The second-order valence-corrected chi connectivity index (χ2v) is 4.59. The van der Waals surface area contributed by atoms with Gasteiger partial charge in [0.15, 0.2) is 11.5 Å². The quantitative estimate of drug-likeness (QED) is 0.829. The monoisotopic (exact) mass is 219 g/mol. The largest absolute Gasteiger partial charge is 0.486 e. The molecule has 1 fully saturated rings. The van der Waals surface area contributed by atoms with Crippen LogP contribution >= 0.6 is 0 Å². The van der Waals surface area contributed by atoms with Crippen molar-refractivity contribution < 1.29 is 9.47 Å². The highest BCUT2D eigenvalue weighted by Gasteiger charge is 2.29. The maximum atomic E-state index is 6.29. The molecule has 1 aromatic rings. The number of hydrogen-bond acceptors (Lipinski definition) is 3. The van der Waals surface area contributed by atoms with E-state index in [-0.39, 0.29) is 6.04 Å². The minimum atomic E-state index is 0.102. The molecule has 1 aromatic carbocycles. The Labute approximate surface area is 95.5 Å². The number of rotatable bonds is 2. The zero-order valence-electron chi connectivity index (χ0n) is 9.32. The van der Waals surface area contributed by atoms with Crippen LogP contribution in [0.5, 0.6) is 11.5 Å². The van der Waals surface area contributed by atoms with Crippen molar-refractivity contribution in [1.82, 2.24) is 0 Å². The first-order chi connectivity index (χ1) is 7.86. The van der Waals surface area contributed by atoms with Crippen molar-refractivity contribution in [2.45, 2.75) is 25.3 Å². The third-order valence-corrected chi connectivity index (χ3v) is 3.61. The van der Waals surface area contributed by atoms with Crippen LogP contribution in [0.3, 0.4) is 0 Å². The van der Waals surface area contributed by atoms with E-state index in [4.69, 9.17) is 15.2 Å². The maximum absolute atomic E-state index is 6.29. The summed E-state index contributed by atoms with van der Waals surface area (Å²) in [6, 6.07) is 6.12. The second-order valence-electron chi connectivity index (χ2n) is 4.59. The van der Waals surface area contributed by atoms with Gasteiger partial charge in [0.1, 0.15) is 13.2 Å². The topological polar surface area (TPSA) is 44.5 Å². The number of ether oxygens (including phenoxy) is 2. The molecule has 0 saturated heterocycles. The molecule has 1 heterocycles. The molecule has 1 aliphatic carbocycles. The summed E-state index contributed by atoms with van der Waals surface area (Å²) in [6.07, 6.45) is 3.79. The fourth-order valence-corrected chi connectivity index (χ4v) is 2.41. The fourth-order valence-electron chi connectivity index (χ4n) is 2.41. The molecular weight excluding hydrogens is 202 g/mol. The Kier molecular flexibility index (Phi) is 2.48. The van der Waals surface area contributed by atoms with Crippen molar-refractivity contribution >= 4 is 0 Å². The summed E-state index contributed by atoms with van der Waals surface area (Å²) in [7, 11) is 0. The Morgan fingerprint density at radius 3 is 2.75 bits per heavy atom. The summed E-state index contributed by atoms with van der Waals surface area (Å²) < 4.78 is 11.3. The van der Waals surface area contributed by atoms with E-state index in [1.165, 1.54) is 19.3 Å². The Bertz CT molecular complexity index is 388. The zero-order chi connectivity index (χ0) is 11.0. The highest BCUT2D eigenvalue weighted by atomic mass is 16.6. The molecule has 16 heavy (non-hydrogen) atoms. The molecule has 0 unspecified atom stereocenters. The molecule has 3 nitrogen and oxygen atoms in total. The molecule has 0 bridgehead atoms. The fraction of sp³-hybridized carbons (Fsp3) is 0.538. The molecule has 86 valence electrons. The number of fused-ring (bicyclic) bond motifs is 1. The van der Waals surface area contributed by atoms with Gasteiger partial charge in [-0.25, -0.2) is 0 Å². The first-order valence-electron chi connectivity index (χ1n) is 6.00. The van der Waals surface area contributed by atoms with Crippen LogP contribution in [0.1, 0.15) is 30.9 Å². The minimum Gasteiger partial charge on any atom is -0.486 e. The smallest absolute Gasteiger partial charge is 0.166 e. The standard InChI is InChI=1S/C13H17NO2/c14-12(9-3-1-4-9)10-5-2-6-11-13(10)16-8-7-15-11/h2,5-6,9,12H,1,3-4,7-8,14H2/t12-/m0/s1. The van der Waals surface area contributed by atoms with Gasteiger partial charge in [-0.2, -0.15) is 0 Å². The predicted molar refractivity (Wildman–Crippen MR) is 61.7 cm³/mol. The van der Waals surface area contributed by atoms with E-state index in [9.17, 15) is 0 Å². The van der Waals surface area contributed by atoms with Crippen LogP contribution in [-0.2, 0) is 0 Å². The Balaban J connectivity index is 1.93. The lowest BCUT2D eigenvalue weighted by atomic mass is 9.77. The van der Waals surface area contributed by atoms with Crippen molar-refractivity contribution in [2.24, 2.45) is 11.7 Å². The van der Waals surface area contributed by atoms with Crippen molar-refractivity contribution in [2.75, 3.05) is 13.2 Å². The Morgan fingerprint density at radius 2 is 2.00 bits per heavy atom. The van der Waals surface area contributed by atoms with Crippen molar-refractivity contribution in [3.63, 3.8) is 0 Å². The highest BCUT2D eigenvalue weighted by Crippen LogP contribution is 2.43. The lowest BCUT2D eigenvalue weighted by Gasteiger charge is -2.33. The van der Waals surface area contributed by atoms with Gasteiger partial charge in [-0.05, 0) is 24.8 Å². The van der Waals surface area contributed by atoms with Gasteiger partial charge < -0.3 is 15.2 Å². The van der Waals surface area contributed by atoms with Crippen molar-refractivity contribution in [1.29, 1.82) is 0 Å². The van der Waals surface area contributed by atoms with Crippen LogP contribution in [0.25, 0.3) is 0 Å². The van der Waals surface area contributed by atoms with Crippen LogP contribution in [0.15, 0.2) is 18.2 Å². The molecule has 1 aliphatic heterocycles. The molecule has 3 rings (SSSR count). The number of para-hydroxylation sites is 1. The molecule has 0 radical (unpaired) electrons. The lowest BCUT2D eigenvalue weighted by molar-refractivity contribution is 0.166. The normalized spacial score (nSPS) is 21.3. The summed E-state index contributed by atoms with van der Waals surface area (Å²) in [5.74, 6) is 2.34. The Morgan fingerprint density at radius 1 is 1.19 bits per heavy atom. The van der Waals surface area contributed by atoms with E-state index in [2.05, 4.69) is 6.07 Å². The first-order valence-corrected chi connectivity index (χ1v) is 6.00. The van der Waals surface area contributed by atoms with Gasteiger partial charge in [0.2, 0.25) is 0 Å². The summed E-state index contributed by atoms with van der Waals surface area (Å²) in [4.78, 5) is 0. The Hall–Kier alpha value is -1.22. The summed E-state index contributed by atoms with van der Waals surface area (Å²) in [5.41, 5.74) is 7.40. The molecule has 0 spiro atoms.